The second-order valence-corrected chi connectivity index (χ2v) is 4.58. The lowest BCUT2D eigenvalue weighted by atomic mass is 10.1. The number of nitrogens with zero attached hydrogens (tertiary/aromatic N) is 1. The van der Waals surface area contributed by atoms with Gasteiger partial charge in [0.25, 0.3) is 0 Å². The average Bonchev–Trinajstić information content (AvgIpc) is 2.20. The van der Waals surface area contributed by atoms with Crippen molar-refractivity contribution >= 4 is 12.0 Å². The van der Waals surface area contributed by atoms with Gasteiger partial charge in [-0.25, -0.2) is 9.59 Å². The maximum Gasteiger partial charge on any atom is 0.326 e. The molecule has 0 heterocycles. The minimum atomic E-state index is -1.06. The van der Waals surface area contributed by atoms with E-state index >= 15 is 0 Å². The van der Waals surface area contributed by atoms with Crippen molar-refractivity contribution in [2.45, 2.75) is 45.8 Å². The molecule has 2 amide bonds. The summed E-state index contributed by atoms with van der Waals surface area (Å²) in [6, 6.07) is -1.36. The van der Waals surface area contributed by atoms with Gasteiger partial charge in [0.1, 0.15) is 6.04 Å². The summed E-state index contributed by atoms with van der Waals surface area (Å²) in [6.07, 6.45) is 0.321. The molecule has 0 aromatic rings. The molecule has 0 saturated heterocycles. The summed E-state index contributed by atoms with van der Waals surface area (Å²) in [7, 11) is 0. The van der Waals surface area contributed by atoms with Gasteiger partial charge in [0.15, 0.2) is 0 Å². The number of aliphatic hydroxyl groups is 1. The average molecular weight is 246 g/mol. The number of carboxylic acids is 1. The largest absolute Gasteiger partial charge is 0.480 e. The number of likely N-dealkylation sites (N-methyl/N-ethyl adjacent to an activating group) is 1. The van der Waals surface area contributed by atoms with Crippen LogP contribution in [0.4, 0.5) is 4.79 Å². The number of carbonyl (C=O) groups is 2. The molecule has 0 aromatic carbocycles. The zero-order valence-corrected chi connectivity index (χ0v) is 10.9. The molecule has 6 nitrogen and oxygen atoms in total. The molecule has 0 unspecified atom stereocenters. The lowest BCUT2D eigenvalue weighted by Crippen LogP contribution is -2.51. The molecule has 0 aromatic heterocycles. The summed E-state index contributed by atoms with van der Waals surface area (Å²) in [4.78, 5) is 23.9. The summed E-state index contributed by atoms with van der Waals surface area (Å²) >= 11 is 0. The van der Waals surface area contributed by atoms with Gasteiger partial charge in [-0.05, 0) is 27.2 Å². The molecule has 0 rings (SSSR count). The predicted octanol–water partition coefficient (Wildman–Crippen LogP) is 0.652. The van der Waals surface area contributed by atoms with E-state index in [0.717, 1.165) is 0 Å². The lowest BCUT2D eigenvalue weighted by Gasteiger charge is -2.29. The van der Waals surface area contributed by atoms with Crippen molar-refractivity contribution in [2.75, 3.05) is 13.1 Å². The van der Waals surface area contributed by atoms with E-state index in [1.54, 1.807) is 27.7 Å². The van der Waals surface area contributed by atoms with Crippen LogP contribution < -0.4 is 5.32 Å². The number of urea groups is 1. The molecule has 17 heavy (non-hydrogen) atoms. The fourth-order valence-corrected chi connectivity index (χ4v) is 1.37. The van der Waals surface area contributed by atoms with Crippen LogP contribution in [0.1, 0.15) is 34.1 Å². The van der Waals surface area contributed by atoms with Gasteiger partial charge < -0.3 is 20.4 Å². The van der Waals surface area contributed by atoms with Crippen molar-refractivity contribution in [1.29, 1.82) is 0 Å². The summed E-state index contributed by atoms with van der Waals surface area (Å²) < 4.78 is 0. The minimum absolute atomic E-state index is 0.158. The summed E-state index contributed by atoms with van der Waals surface area (Å²) in [6.45, 7) is 7.21. The van der Waals surface area contributed by atoms with E-state index in [0.29, 0.717) is 13.0 Å². The van der Waals surface area contributed by atoms with Crippen LogP contribution in [-0.4, -0.2) is 51.8 Å². The SMILES string of the molecule is CC[C@@H](NC(=O)N(CC)CC(C)(C)O)C(=O)O. The fraction of sp³-hybridized carbons (Fsp3) is 0.818. The third-order valence-electron chi connectivity index (χ3n) is 2.25. The van der Waals surface area contributed by atoms with Crippen LogP contribution in [0, 0.1) is 0 Å². The molecular weight excluding hydrogens is 224 g/mol. The lowest BCUT2D eigenvalue weighted by molar-refractivity contribution is -0.139. The topological polar surface area (TPSA) is 89.9 Å². The number of aliphatic carboxylic acids is 1. The van der Waals surface area contributed by atoms with E-state index in [1.165, 1.54) is 4.90 Å². The highest BCUT2D eigenvalue weighted by atomic mass is 16.4. The second-order valence-electron chi connectivity index (χ2n) is 4.58. The minimum Gasteiger partial charge on any atom is -0.480 e. The normalized spacial score (nSPS) is 13.0. The molecule has 3 N–H and O–H groups in total. The first-order valence-electron chi connectivity index (χ1n) is 5.71. The maximum absolute atomic E-state index is 11.8. The van der Waals surface area contributed by atoms with Gasteiger partial charge in [-0.1, -0.05) is 6.92 Å². The standard InChI is InChI=1S/C11H22N2O4/c1-5-8(9(14)15)12-10(16)13(6-2)7-11(3,4)17/h8,17H,5-7H2,1-4H3,(H,12,16)(H,14,15)/t8-/m1/s1. The summed E-state index contributed by atoms with van der Waals surface area (Å²) in [5.41, 5.74) is -1.00. The number of nitrogens with one attached hydrogen (secondary N) is 1. The van der Waals surface area contributed by atoms with Crippen molar-refractivity contribution in [2.24, 2.45) is 0 Å². The zero-order chi connectivity index (χ0) is 13.6. The molecule has 100 valence electrons. The quantitative estimate of drug-likeness (QED) is 0.642. The Balaban J connectivity index is 4.50. The predicted molar refractivity (Wildman–Crippen MR) is 63.8 cm³/mol. The summed E-state index contributed by atoms with van der Waals surface area (Å²) in [5, 5.41) is 20.9. The molecule has 0 spiro atoms. The highest BCUT2D eigenvalue weighted by Gasteiger charge is 2.24. The van der Waals surface area contributed by atoms with Gasteiger partial charge in [-0.15, -0.1) is 0 Å². The Hall–Kier alpha value is -1.30. The third-order valence-corrected chi connectivity index (χ3v) is 2.25. The number of hydrogen-bond acceptors (Lipinski definition) is 3. The fourth-order valence-electron chi connectivity index (χ4n) is 1.37. The Morgan fingerprint density at radius 3 is 2.18 bits per heavy atom. The van der Waals surface area contributed by atoms with Crippen LogP contribution in [0.25, 0.3) is 0 Å². The van der Waals surface area contributed by atoms with Crippen LogP contribution in [0.2, 0.25) is 0 Å². The molecule has 6 heteroatoms. The van der Waals surface area contributed by atoms with Gasteiger partial charge in [0, 0.05) is 6.54 Å². The molecule has 0 saturated carbocycles. The molecular formula is C11H22N2O4. The Bertz CT molecular complexity index is 273. The molecule has 0 bridgehead atoms. The van der Waals surface area contributed by atoms with Crippen molar-refractivity contribution in [3.8, 4) is 0 Å². The Morgan fingerprint density at radius 2 is 1.88 bits per heavy atom. The van der Waals surface area contributed by atoms with Crippen molar-refractivity contribution in [3.05, 3.63) is 0 Å². The number of carboxylic acid groups (broad SMARTS) is 1. The number of carbonyl (C=O) groups excluding carboxylic acids is 1. The first-order valence-corrected chi connectivity index (χ1v) is 5.71. The van der Waals surface area contributed by atoms with Gasteiger partial charge >= 0.3 is 12.0 Å². The van der Waals surface area contributed by atoms with Gasteiger partial charge in [0.2, 0.25) is 0 Å². The summed E-state index contributed by atoms with van der Waals surface area (Å²) in [5.74, 6) is -1.06. The monoisotopic (exact) mass is 246 g/mol. The highest BCUT2D eigenvalue weighted by molar-refractivity contribution is 5.82. The van der Waals surface area contributed by atoms with E-state index in [2.05, 4.69) is 5.32 Å². The molecule has 0 fully saturated rings. The maximum atomic E-state index is 11.8. The molecule has 0 radical (unpaired) electrons. The van der Waals surface area contributed by atoms with Crippen LogP contribution in [0.5, 0.6) is 0 Å². The van der Waals surface area contributed by atoms with Crippen molar-refractivity contribution in [1.82, 2.24) is 10.2 Å². The Morgan fingerprint density at radius 1 is 1.35 bits per heavy atom. The second kappa shape index (κ2) is 6.44. The van der Waals surface area contributed by atoms with E-state index < -0.39 is 23.6 Å². The van der Waals surface area contributed by atoms with Crippen LogP contribution in [0.3, 0.4) is 0 Å². The number of amides is 2. The van der Waals surface area contributed by atoms with E-state index in [1.807, 2.05) is 0 Å². The van der Waals surface area contributed by atoms with Crippen LogP contribution >= 0.6 is 0 Å². The van der Waals surface area contributed by atoms with E-state index in [9.17, 15) is 14.7 Å². The molecule has 1 atom stereocenters. The van der Waals surface area contributed by atoms with Crippen LogP contribution in [-0.2, 0) is 4.79 Å². The Labute approximate surface area is 102 Å². The first kappa shape index (κ1) is 15.7. The van der Waals surface area contributed by atoms with E-state index in [4.69, 9.17) is 5.11 Å². The highest BCUT2D eigenvalue weighted by Crippen LogP contribution is 2.05. The van der Waals surface area contributed by atoms with Gasteiger partial charge in [-0.3, -0.25) is 0 Å². The van der Waals surface area contributed by atoms with Crippen LogP contribution in [0.15, 0.2) is 0 Å². The zero-order valence-electron chi connectivity index (χ0n) is 10.9. The smallest absolute Gasteiger partial charge is 0.326 e. The van der Waals surface area contributed by atoms with Crippen molar-refractivity contribution in [3.63, 3.8) is 0 Å². The van der Waals surface area contributed by atoms with E-state index in [-0.39, 0.29) is 6.54 Å². The van der Waals surface area contributed by atoms with Gasteiger partial charge in [-0.2, -0.15) is 0 Å². The number of rotatable bonds is 6. The molecule has 0 aliphatic heterocycles. The Kier molecular flexibility index (Phi) is 5.95. The number of hydrogen-bond donors (Lipinski definition) is 3. The molecule has 0 aliphatic rings. The van der Waals surface area contributed by atoms with Crippen molar-refractivity contribution < 1.29 is 19.8 Å². The van der Waals surface area contributed by atoms with Gasteiger partial charge in [0.05, 0.1) is 12.1 Å². The third kappa shape index (κ3) is 6.11. The molecule has 0 aliphatic carbocycles. The first-order chi connectivity index (χ1) is 7.71.